The topological polar surface area (TPSA) is 323 Å². The van der Waals surface area contributed by atoms with Crippen LogP contribution in [0, 0.1) is 22.0 Å². The van der Waals surface area contributed by atoms with E-state index in [4.69, 9.17) is 25.0 Å². The maximum Gasteiger partial charge on any atom is 0.490 e. The van der Waals surface area contributed by atoms with Crippen molar-refractivity contribution in [1.82, 2.24) is 9.55 Å². The molecule has 44 heavy (non-hydrogen) atoms. The van der Waals surface area contributed by atoms with Gasteiger partial charge in [-0.1, -0.05) is 11.8 Å². The third kappa shape index (κ3) is 10.3. The Morgan fingerprint density at radius 1 is 1.11 bits per heavy atom. The van der Waals surface area contributed by atoms with Crippen LogP contribution in [0.1, 0.15) is 29.3 Å². The molecule has 1 fully saturated rings. The summed E-state index contributed by atoms with van der Waals surface area (Å²) in [6.45, 7) is -1.65. The molecule has 2 unspecified atom stereocenters. The lowest BCUT2D eigenvalue weighted by Crippen LogP contribution is -2.34. The maximum atomic E-state index is 12.4. The number of aromatic nitrogens is 2. The van der Waals surface area contributed by atoms with Gasteiger partial charge in [-0.2, -0.15) is 8.62 Å². The SMILES string of the molecule is NCC#Cc1ccc(COCc2cn([C@H]3C[C@H](O)[C@@H](COP(=O)(O)OP(=O)(O)OP(=O)(O)O)O3)c(=O)[nH]c2=O)c([N+](=O)[O-])c1. The number of nitrogens with two attached hydrogens (primary N) is 1. The van der Waals surface area contributed by atoms with Gasteiger partial charge < -0.3 is 39.9 Å². The zero-order valence-electron chi connectivity index (χ0n) is 22.0. The quantitative estimate of drug-likeness (QED) is 0.0602. The predicted molar refractivity (Wildman–Crippen MR) is 143 cm³/mol. The fourth-order valence-electron chi connectivity index (χ4n) is 3.71. The smallest absolute Gasteiger partial charge is 0.390 e. The number of ether oxygens (including phenoxy) is 2. The average molecular weight is 686 g/mol. The summed E-state index contributed by atoms with van der Waals surface area (Å²) in [5.74, 6) is 5.25. The van der Waals surface area contributed by atoms with E-state index in [1.165, 1.54) is 18.2 Å². The first-order chi connectivity index (χ1) is 20.4. The van der Waals surface area contributed by atoms with Crippen molar-refractivity contribution in [3.8, 4) is 11.8 Å². The van der Waals surface area contributed by atoms with Gasteiger partial charge in [-0.25, -0.2) is 18.5 Å². The molecular weight excluding hydrogens is 661 g/mol. The monoisotopic (exact) mass is 686 g/mol. The van der Waals surface area contributed by atoms with Crippen LogP contribution in [0.4, 0.5) is 5.69 Å². The number of aliphatic hydroxyl groups is 1. The largest absolute Gasteiger partial charge is 0.490 e. The second-order valence-corrected chi connectivity index (χ2v) is 13.2. The summed E-state index contributed by atoms with van der Waals surface area (Å²) in [5.41, 5.74) is 3.59. The van der Waals surface area contributed by atoms with Gasteiger partial charge in [-0.05, 0) is 12.1 Å². The lowest BCUT2D eigenvalue weighted by atomic mass is 10.1. The number of benzene rings is 1. The molecule has 0 amide bonds. The van der Waals surface area contributed by atoms with Crippen molar-refractivity contribution in [2.24, 2.45) is 5.73 Å². The number of aliphatic hydroxyl groups excluding tert-OH is 1. The van der Waals surface area contributed by atoms with Crippen molar-refractivity contribution >= 4 is 29.2 Å². The Balaban J connectivity index is 1.67. The highest BCUT2D eigenvalue weighted by atomic mass is 31.3. The van der Waals surface area contributed by atoms with Crippen LogP contribution in [0.3, 0.4) is 0 Å². The molecule has 0 bridgehead atoms. The Morgan fingerprint density at radius 3 is 2.43 bits per heavy atom. The van der Waals surface area contributed by atoms with Crippen LogP contribution in [0.5, 0.6) is 0 Å². The van der Waals surface area contributed by atoms with E-state index in [-0.39, 0.29) is 36.4 Å². The van der Waals surface area contributed by atoms with E-state index in [0.717, 1.165) is 10.8 Å². The van der Waals surface area contributed by atoms with Crippen molar-refractivity contribution in [2.45, 2.75) is 38.1 Å². The van der Waals surface area contributed by atoms with Crippen LogP contribution in [-0.4, -0.2) is 64.5 Å². The van der Waals surface area contributed by atoms with E-state index in [0.29, 0.717) is 5.56 Å². The maximum absolute atomic E-state index is 12.4. The minimum Gasteiger partial charge on any atom is -0.390 e. The third-order valence-electron chi connectivity index (χ3n) is 5.51. The Bertz CT molecular complexity index is 1710. The summed E-state index contributed by atoms with van der Waals surface area (Å²) in [7, 11) is -16.9. The highest BCUT2D eigenvalue weighted by molar-refractivity contribution is 7.66. The van der Waals surface area contributed by atoms with Crippen molar-refractivity contribution in [2.75, 3.05) is 13.2 Å². The molecule has 21 nitrogen and oxygen atoms in total. The predicted octanol–water partition coefficient (Wildman–Crippen LogP) is -0.537. The van der Waals surface area contributed by atoms with Gasteiger partial charge in [0, 0.05) is 24.2 Å². The van der Waals surface area contributed by atoms with Crippen LogP contribution >= 0.6 is 23.5 Å². The number of hydrogen-bond acceptors (Lipinski definition) is 14. The molecule has 0 spiro atoms. The number of aromatic amines is 1. The number of phosphoric ester groups is 1. The first-order valence-electron chi connectivity index (χ1n) is 11.9. The minimum atomic E-state index is -5.77. The number of hydrogen-bond donors (Lipinski definition) is 7. The Hall–Kier alpha value is -2.89. The van der Waals surface area contributed by atoms with E-state index in [9.17, 15) is 48.3 Å². The molecule has 1 aromatic heterocycles. The Labute approximate surface area is 245 Å². The molecule has 0 radical (unpaired) electrons. The van der Waals surface area contributed by atoms with Gasteiger partial charge in [0.25, 0.3) is 11.2 Å². The van der Waals surface area contributed by atoms with Crippen molar-refractivity contribution in [3.63, 3.8) is 0 Å². The number of nitro groups is 1. The molecule has 1 aliphatic heterocycles. The van der Waals surface area contributed by atoms with Gasteiger partial charge in [0.05, 0.1) is 48.5 Å². The molecule has 1 saturated heterocycles. The van der Waals surface area contributed by atoms with E-state index in [1.54, 1.807) is 0 Å². The minimum absolute atomic E-state index is 0.0584. The summed E-state index contributed by atoms with van der Waals surface area (Å²) >= 11 is 0. The molecule has 242 valence electrons. The molecule has 1 aliphatic rings. The molecule has 0 saturated carbocycles. The van der Waals surface area contributed by atoms with Gasteiger partial charge in [0.15, 0.2) is 0 Å². The number of nitrogens with one attached hydrogen (secondary N) is 1. The number of nitro benzene ring substituents is 1. The van der Waals surface area contributed by atoms with E-state index in [2.05, 4.69) is 25.0 Å². The molecule has 2 heterocycles. The second-order valence-electron chi connectivity index (χ2n) is 8.74. The Morgan fingerprint density at radius 2 is 1.80 bits per heavy atom. The summed E-state index contributed by atoms with van der Waals surface area (Å²) < 4.78 is 57.5. The van der Waals surface area contributed by atoms with Gasteiger partial charge >= 0.3 is 29.2 Å². The second kappa shape index (κ2) is 14.5. The number of H-pyrrole nitrogens is 1. The molecule has 1 aromatic carbocycles. The lowest BCUT2D eigenvalue weighted by molar-refractivity contribution is -0.386. The summed E-state index contributed by atoms with van der Waals surface area (Å²) in [5, 5.41) is 21.8. The molecule has 0 aliphatic carbocycles. The van der Waals surface area contributed by atoms with Crippen LogP contribution in [0.15, 0.2) is 34.0 Å². The van der Waals surface area contributed by atoms with Gasteiger partial charge in [0.1, 0.15) is 12.3 Å². The van der Waals surface area contributed by atoms with Crippen LogP contribution in [0.2, 0.25) is 0 Å². The van der Waals surface area contributed by atoms with Crippen molar-refractivity contribution in [1.29, 1.82) is 0 Å². The Kier molecular flexibility index (Phi) is 11.7. The molecular formula is C20H25N4O17P3. The van der Waals surface area contributed by atoms with Gasteiger partial charge in [-0.3, -0.25) is 29.0 Å². The molecule has 2 aromatic rings. The average Bonchev–Trinajstić information content (AvgIpc) is 3.25. The van der Waals surface area contributed by atoms with Crippen molar-refractivity contribution in [3.05, 3.63) is 72.0 Å². The lowest BCUT2D eigenvalue weighted by Gasteiger charge is -2.19. The zero-order chi connectivity index (χ0) is 32.9. The molecule has 24 heteroatoms. The zero-order valence-corrected chi connectivity index (χ0v) is 24.7. The highest BCUT2D eigenvalue weighted by Gasteiger charge is 2.43. The van der Waals surface area contributed by atoms with Crippen LogP contribution < -0.4 is 17.0 Å². The highest BCUT2D eigenvalue weighted by Crippen LogP contribution is 2.66. The van der Waals surface area contributed by atoms with E-state index >= 15 is 0 Å². The van der Waals surface area contributed by atoms with Crippen LogP contribution in [0.25, 0.3) is 0 Å². The van der Waals surface area contributed by atoms with Crippen LogP contribution in [-0.2, 0) is 49.5 Å². The molecule has 8 N–H and O–H groups in total. The number of phosphoric acid groups is 3. The molecule has 5 atom stereocenters. The first-order valence-corrected chi connectivity index (χ1v) is 16.4. The fraction of sp³-hybridized carbons (Fsp3) is 0.400. The van der Waals surface area contributed by atoms with E-state index < -0.39 is 71.3 Å². The van der Waals surface area contributed by atoms with Gasteiger partial charge in [0.2, 0.25) is 0 Å². The third-order valence-corrected chi connectivity index (χ3v) is 9.31. The summed E-state index contributed by atoms with van der Waals surface area (Å²) in [6.07, 6.45) is -3.44. The normalized spacial score (nSPS) is 21.2. The van der Waals surface area contributed by atoms with Gasteiger partial charge in [-0.15, -0.1) is 0 Å². The van der Waals surface area contributed by atoms with E-state index in [1.807, 2.05) is 4.98 Å². The molecule has 3 rings (SSSR count). The first kappa shape index (κ1) is 35.6. The standard InChI is InChI=1S/C20H25N4O17P3/c21-5-1-2-12-3-4-13(15(6-12)24(28)29)9-37-10-14-8-23(20(27)22-19(14)26)18-7-16(25)17(39-18)11-38-43(33,34)41-44(35,36)40-42(30,31)32/h3-4,6,8,16-18,25H,5,7,9-11,21H2,(H,33,34)(H,35,36)(H,22,26,27)(H2,30,31,32)/t16-,17+,18+/m0/s1. The summed E-state index contributed by atoms with van der Waals surface area (Å²) in [6, 6.07) is 4.17. The van der Waals surface area contributed by atoms with Crippen molar-refractivity contribution < 1.29 is 65.9 Å². The number of nitrogens with zero attached hydrogens (tertiary/aromatic N) is 2. The fourth-order valence-corrected chi connectivity index (χ4v) is 6.74. The summed E-state index contributed by atoms with van der Waals surface area (Å²) in [4.78, 5) is 73.6. The number of rotatable bonds is 13.